The lowest BCUT2D eigenvalue weighted by Crippen LogP contribution is -2.37. The predicted octanol–water partition coefficient (Wildman–Crippen LogP) is 2.17. The van der Waals surface area contributed by atoms with Gasteiger partial charge in [0.1, 0.15) is 10.6 Å². The van der Waals surface area contributed by atoms with Crippen molar-refractivity contribution in [3.05, 3.63) is 30.4 Å². The molecular weight excluding hydrogens is 276 g/mol. The van der Waals surface area contributed by atoms with Gasteiger partial charge in [0.15, 0.2) is 0 Å². The number of benzene rings is 1. The number of anilines is 1. The largest absolute Gasteiger partial charge is 0.495 e. The Bertz CT molecular complexity index is 595. The average Bonchev–Trinajstić information content (AvgIpc) is 2.37. The lowest BCUT2D eigenvalue weighted by Gasteiger charge is -2.25. The van der Waals surface area contributed by atoms with E-state index in [4.69, 9.17) is 10.5 Å². The van der Waals surface area contributed by atoms with Crippen molar-refractivity contribution >= 4 is 15.7 Å². The van der Waals surface area contributed by atoms with Crippen LogP contribution in [0.4, 0.5) is 5.69 Å². The number of ether oxygens (including phenoxy) is 1. The minimum absolute atomic E-state index is 0.0821. The molecule has 0 aliphatic carbocycles. The van der Waals surface area contributed by atoms with E-state index in [0.29, 0.717) is 11.4 Å². The molecule has 5 nitrogen and oxygen atoms in total. The summed E-state index contributed by atoms with van der Waals surface area (Å²) in [4.78, 5) is 0.0821. The van der Waals surface area contributed by atoms with E-state index in [2.05, 4.69) is 6.58 Å². The van der Waals surface area contributed by atoms with Crippen LogP contribution < -0.4 is 10.5 Å². The predicted molar refractivity (Wildman–Crippen MR) is 81.4 cm³/mol. The Kier molecular flexibility index (Phi) is 5.19. The maximum absolute atomic E-state index is 12.7. The van der Waals surface area contributed by atoms with E-state index >= 15 is 0 Å². The number of aryl methyl sites for hydroxylation is 1. The van der Waals surface area contributed by atoms with E-state index < -0.39 is 10.0 Å². The van der Waals surface area contributed by atoms with Crippen LogP contribution in [0.1, 0.15) is 19.4 Å². The molecule has 0 amide bonds. The number of nitrogens with zero attached hydrogens (tertiary/aromatic N) is 1. The van der Waals surface area contributed by atoms with Gasteiger partial charge in [-0.1, -0.05) is 6.08 Å². The van der Waals surface area contributed by atoms with Crippen LogP contribution in [0.3, 0.4) is 0 Å². The van der Waals surface area contributed by atoms with Crippen LogP contribution in [0.2, 0.25) is 0 Å². The van der Waals surface area contributed by atoms with Gasteiger partial charge in [0.2, 0.25) is 10.0 Å². The van der Waals surface area contributed by atoms with Gasteiger partial charge in [0, 0.05) is 18.3 Å². The van der Waals surface area contributed by atoms with Crippen molar-refractivity contribution in [2.45, 2.75) is 31.7 Å². The first-order valence-electron chi connectivity index (χ1n) is 6.32. The monoisotopic (exact) mass is 298 g/mol. The number of hydrogen-bond donors (Lipinski definition) is 1. The number of nitrogens with two attached hydrogens (primary N) is 1. The van der Waals surface area contributed by atoms with Crippen LogP contribution in [0.15, 0.2) is 29.7 Å². The molecule has 0 atom stereocenters. The Labute approximate surface area is 121 Å². The molecule has 112 valence electrons. The number of methoxy groups -OCH3 is 1. The van der Waals surface area contributed by atoms with E-state index in [0.717, 1.165) is 5.56 Å². The van der Waals surface area contributed by atoms with Gasteiger partial charge in [-0.2, -0.15) is 4.31 Å². The smallest absolute Gasteiger partial charge is 0.247 e. The van der Waals surface area contributed by atoms with Crippen molar-refractivity contribution in [2.75, 3.05) is 19.4 Å². The highest BCUT2D eigenvalue weighted by Crippen LogP contribution is 2.31. The van der Waals surface area contributed by atoms with Crippen molar-refractivity contribution in [1.82, 2.24) is 4.31 Å². The summed E-state index contributed by atoms with van der Waals surface area (Å²) in [5.41, 5.74) is 7.03. The molecule has 0 heterocycles. The fourth-order valence-corrected chi connectivity index (χ4v) is 3.66. The van der Waals surface area contributed by atoms with Gasteiger partial charge in [-0.05, 0) is 38.5 Å². The third-order valence-electron chi connectivity index (χ3n) is 3.02. The highest BCUT2D eigenvalue weighted by Gasteiger charge is 2.29. The zero-order valence-electron chi connectivity index (χ0n) is 12.4. The second kappa shape index (κ2) is 6.28. The third kappa shape index (κ3) is 3.13. The first-order chi connectivity index (χ1) is 9.25. The molecule has 1 aromatic rings. The second-order valence-electron chi connectivity index (χ2n) is 4.82. The molecule has 0 unspecified atom stereocenters. The lowest BCUT2D eigenvalue weighted by molar-refractivity contribution is 0.372. The van der Waals surface area contributed by atoms with Crippen LogP contribution in [0, 0.1) is 6.92 Å². The van der Waals surface area contributed by atoms with Crippen molar-refractivity contribution < 1.29 is 13.2 Å². The van der Waals surface area contributed by atoms with Gasteiger partial charge >= 0.3 is 0 Å². The molecular formula is C14H22N2O3S. The van der Waals surface area contributed by atoms with Crippen molar-refractivity contribution in [1.29, 1.82) is 0 Å². The van der Waals surface area contributed by atoms with E-state index in [-0.39, 0.29) is 17.5 Å². The SMILES string of the molecule is C=CCN(C(C)C)S(=O)(=O)c1cc(N)c(C)cc1OC. The van der Waals surface area contributed by atoms with Crippen LogP contribution in [-0.4, -0.2) is 32.4 Å². The minimum Gasteiger partial charge on any atom is -0.495 e. The Morgan fingerprint density at radius 3 is 2.50 bits per heavy atom. The van der Waals surface area contributed by atoms with E-state index in [1.165, 1.54) is 17.5 Å². The highest BCUT2D eigenvalue weighted by molar-refractivity contribution is 7.89. The summed E-state index contributed by atoms with van der Waals surface area (Å²) in [6.45, 7) is 9.26. The Morgan fingerprint density at radius 2 is 2.05 bits per heavy atom. The Balaban J connectivity index is 3.47. The molecule has 1 rings (SSSR count). The zero-order valence-corrected chi connectivity index (χ0v) is 13.2. The number of nitrogen functional groups attached to an aromatic ring is 1. The summed E-state index contributed by atoms with van der Waals surface area (Å²) in [5, 5.41) is 0. The van der Waals surface area contributed by atoms with Crippen molar-refractivity contribution in [2.24, 2.45) is 0 Å². The van der Waals surface area contributed by atoms with Gasteiger partial charge in [-0.15, -0.1) is 6.58 Å². The second-order valence-corrected chi connectivity index (χ2v) is 6.68. The summed E-state index contributed by atoms with van der Waals surface area (Å²) in [6.07, 6.45) is 1.56. The fourth-order valence-electron chi connectivity index (χ4n) is 1.88. The molecule has 0 aliphatic rings. The molecule has 2 N–H and O–H groups in total. The Hall–Kier alpha value is -1.53. The van der Waals surface area contributed by atoms with Gasteiger partial charge in [-0.25, -0.2) is 8.42 Å². The summed E-state index contributed by atoms with van der Waals surface area (Å²) in [7, 11) is -2.25. The summed E-state index contributed by atoms with van der Waals surface area (Å²) in [5.74, 6) is 0.298. The number of sulfonamides is 1. The zero-order chi connectivity index (χ0) is 15.5. The minimum atomic E-state index is -3.69. The molecule has 0 fully saturated rings. The number of rotatable bonds is 6. The van der Waals surface area contributed by atoms with Crippen molar-refractivity contribution in [3.63, 3.8) is 0 Å². The normalized spacial score (nSPS) is 11.9. The van der Waals surface area contributed by atoms with Crippen LogP contribution in [0.25, 0.3) is 0 Å². The topological polar surface area (TPSA) is 72.6 Å². The van der Waals surface area contributed by atoms with Gasteiger partial charge in [0.25, 0.3) is 0 Å². The van der Waals surface area contributed by atoms with Crippen molar-refractivity contribution in [3.8, 4) is 5.75 Å². The quantitative estimate of drug-likeness (QED) is 0.645. The molecule has 6 heteroatoms. The van der Waals surface area contributed by atoms with E-state index in [1.807, 2.05) is 13.8 Å². The molecule has 1 aromatic carbocycles. The first-order valence-corrected chi connectivity index (χ1v) is 7.76. The number of hydrogen-bond acceptors (Lipinski definition) is 4. The molecule has 0 saturated carbocycles. The van der Waals surface area contributed by atoms with E-state index in [9.17, 15) is 8.42 Å². The summed E-state index contributed by atoms with van der Waals surface area (Å²) >= 11 is 0. The fraction of sp³-hybridized carbons (Fsp3) is 0.429. The van der Waals surface area contributed by atoms with Crippen LogP contribution in [-0.2, 0) is 10.0 Å². The average molecular weight is 298 g/mol. The van der Waals surface area contributed by atoms with Crippen LogP contribution >= 0.6 is 0 Å². The molecule has 0 bridgehead atoms. The summed E-state index contributed by atoms with van der Waals surface area (Å²) < 4.78 is 32.0. The molecule has 0 aliphatic heterocycles. The highest BCUT2D eigenvalue weighted by atomic mass is 32.2. The van der Waals surface area contributed by atoms with E-state index in [1.54, 1.807) is 19.1 Å². The third-order valence-corrected chi connectivity index (χ3v) is 5.09. The standard InChI is InChI=1S/C14H22N2O3S/c1-6-7-16(10(2)3)20(17,18)14-9-12(15)11(4)8-13(14)19-5/h6,8-10H,1,7,15H2,2-5H3. The van der Waals surface area contributed by atoms with Gasteiger partial charge in [-0.3, -0.25) is 0 Å². The molecule has 20 heavy (non-hydrogen) atoms. The maximum Gasteiger partial charge on any atom is 0.247 e. The molecule has 0 radical (unpaired) electrons. The first kappa shape index (κ1) is 16.5. The Morgan fingerprint density at radius 1 is 1.45 bits per heavy atom. The van der Waals surface area contributed by atoms with Gasteiger partial charge < -0.3 is 10.5 Å². The molecule has 0 saturated heterocycles. The lowest BCUT2D eigenvalue weighted by atomic mass is 10.2. The maximum atomic E-state index is 12.7. The molecule has 0 aromatic heterocycles. The van der Waals surface area contributed by atoms with Gasteiger partial charge in [0.05, 0.1) is 7.11 Å². The van der Waals surface area contributed by atoms with Crippen LogP contribution in [0.5, 0.6) is 5.75 Å². The molecule has 0 spiro atoms. The summed E-state index contributed by atoms with van der Waals surface area (Å²) in [6, 6.07) is 2.89.